The average Bonchev–Trinajstić information content (AvgIpc) is 2.49. The Bertz CT molecular complexity index is 276. The van der Waals surface area contributed by atoms with E-state index in [1.54, 1.807) is 0 Å². The first kappa shape index (κ1) is 16.8. The van der Waals surface area contributed by atoms with Crippen LogP contribution in [0.5, 0.6) is 0 Å². The molecule has 4 heteroatoms. The summed E-state index contributed by atoms with van der Waals surface area (Å²) >= 11 is 1.88. The van der Waals surface area contributed by atoms with Crippen molar-refractivity contribution < 1.29 is 4.79 Å². The smallest absolute Gasteiger partial charge is 0.227 e. The second kappa shape index (κ2) is 7.53. The molecule has 0 aromatic carbocycles. The zero-order chi connectivity index (χ0) is 14.4. The molecule has 0 bridgehead atoms. The lowest BCUT2D eigenvalue weighted by Gasteiger charge is -2.37. The first-order valence-corrected chi connectivity index (χ1v) is 8.84. The molecule has 1 heterocycles. The lowest BCUT2D eigenvalue weighted by molar-refractivity contribution is -0.132. The van der Waals surface area contributed by atoms with Crippen molar-refractivity contribution in [2.75, 3.05) is 25.9 Å². The van der Waals surface area contributed by atoms with Crippen LogP contribution in [0.4, 0.5) is 0 Å². The topological polar surface area (TPSA) is 41.1 Å². The Morgan fingerprint density at radius 3 is 2.47 bits per heavy atom. The van der Waals surface area contributed by atoms with Gasteiger partial charge in [0.2, 0.25) is 5.91 Å². The molecule has 1 rings (SSSR count). The minimum Gasteiger partial charge on any atom is -0.354 e. The monoisotopic (exact) mass is 286 g/mol. The normalized spacial score (nSPS) is 24.2. The first-order valence-electron chi connectivity index (χ1n) is 7.62. The summed E-state index contributed by atoms with van der Waals surface area (Å²) in [7, 11) is 0. The van der Waals surface area contributed by atoms with Gasteiger partial charge in [0.15, 0.2) is 0 Å². The molecule has 1 atom stereocenters. The Morgan fingerprint density at radius 1 is 1.37 bits per heavy atom. The zero-order valence-corrected chi connectivity index (χ0v) is 13.8. The molecule has 0 spiro atoms. The van der Waals surface area contributed by atoms with Gasteiger partial charge in [-0.15, -0.1) is 0 Å². The molecule has 0 aromatic heterocycles. The van der Waals surface area contributed by atoms with Crippen LogP contribution >= 0.6 is 11.8 Å². The molecule has 0 saturated carbocycles. The maximum atomic E-state index is 12.6. The van der Waals surface area contributed by atoms with E-state index in [1.807, 2.05) is 11.8 Å². The van der Waals surface area contributed by atoms with Gasteiger partial charge < -0.3 is 10.6 Å². The molecule has 1 fully saturated rings. The van der Waals surface area contributed by atoms with Crippen LogP contribution in [0.3, 0.4) is 0 Å². The second-order valence-corrected chi connectivity index (χ2v) is 6.97. The summed E-state index contributed by atoms with van der Waals surface area (Å²) in [5, 5.41) is 6.62. The number of carbonyl (C=O) groups excluding carboxylic acids is 1. The highest BCUT2D eigenvalue weighted by Crippen LogP contribution is 2.32. The van der Waals surface area contributed by atoms with Crippen molar-refractivity contribution in [2.24, 2.45) is 5.41 Å². The molecule has 19 heavy (non-hydrogen) atoms. The van der Waals surface area contributed by atoms with Gasteiger partial charge in [-0.2, -0.15) is 11.8 Å². The van der Waals surface area contributed by atoms with Crippen molar-refractivity contribution in [2.45, 2.75) is 57.6 Å². The third-order valence-electron chi connectivity index (χ3n) is 4.92. The largest absolute Gasteiger partial charge is 0.354 e. The molecule has 0 aromatic rings. The molecular weight excluding hydrogens is 256 g/mol. The molecule has 1 saturated heterocycles. The summed E-state index contributed by atoms with van der Waals surface area (Å²) in [5.74, 6) is 0.252. The van der Waals surface area contributed by atoms with Gasteiger partial charge in [0.1, 0.15) is 0 Å². The Balaban J connectivity index is 2.62. The summed E-state index contributed by atoms with van der Waals surface area (Å²) in [5.41, 5.74) is -0.177. The highest BCUT2D eigenvalue weighted by molar-refractivity contribution is 8.00. The Morgan fingerprint density at radius 2 is 2.05 bits per heavy atom. The number of nitrogens with one attached hydrogen (secondary N) is 2. The second-order valence-electron chi connectivity index (χ2n) is 5.69. The van der Waals surface area contributed by atoms with Crippen molar-refractivity contribution >= 4 is 17.7 Å². The summed E-state index contributed by atoms with van der Waals surface area (Å²) in [6.45, 7) is 9.23. The van der Waals surface area contributed by atoms with Crippen LogP contribution in [0.25, 0.3) is 0 Å². The van der Waals surface area contributed by atoms with Crippen LogP contribution in [0.15, 0.2) is 0 Å². The first-order chi connectivity index (χ1) is 9.08. The SMILES string of the molecule is CCC(CC)(CNC(=O)C1(CC)CCCNC1)SC. The van der Waals surface area contributed by atoms with Crippen molar-refractivity contribution in [1.29, 1.82) is 0 Å². The molecular formula is C15H30N2OS. The fraction of sp³-hybridized carbons (Fsp3) is 0.933. The number of piperidine rings is 1. The number of thioether (sulfide) groups is 1. The highest BCUT2D eigenvalue weighted by atomic mass is 32.2. The van der Waals surface area contributed by atoms with Gasteiger partial charge in [-0.25, -0.2) is 0 Å². The average molecular weight is 286 g/mol. The fourth-order valence-corrected chi connectivity index (χ4v) is 3.71. The van der Waals surface area contributed by atoms with Gasteiger partial charge in [0.25, 0.3) is 0 Å². The summed E-state index contributed by atoms with van der Waals surface area (Å²) in [6, 6.07) is 0. The predicted octanol–water partition coefficient (Wildman–Crippen LogP) is 2.80. The lowest BCUT2D eigenvalue weighted by atomic mass is 9.77. The molecule has 112 valence electrons. The molecule has 3 nitrogen and oxygen atoms in total. The number of rotatable bonds is 7. The summed E-state index contributed by atoms with van der Waals surface area (Å²) in [6.07, 6.45) is 7.40. The number of hydrogen-bond acceptors (Lipinski definition) is 3. The standard InChI is InChI=1S/C15H30N2OS/c1-5-14(9-8-10-16-11-14)13(18)17-12-15(6-2,7-3)19-4/h16H,5-12H2,1-4H3,(H,17,18). The van der Waals surface area contributed by atoms with Crippen molar-refractivity contribution in [3.05, 3.63) is 0 Å². The van der Waals surface area contributed by atoms with Gasteiger partial charge in [-0.3, -0.25) is 4.79 Å². The van der Waals surface area contributed by atoms with Crippen LogP contribution in [-0.2, 0) is 4.79 Å². The van der Waals surface area contributed by atoms with Crippen molar-refractivity contribution in [3.8, 4) is 0 Å². The molecule has 1 unspecified atom stereocenters. The molecule has 1 amide bonds. The van der Waals surface area contributed by atoms with Crippen LogP contribution in [0.2, 0.25) is 0 Å². The van der Waals surface area contributed by atoms with E-state index < -0.39 is 0 Å². The van der Waals surface area contributed by atoms with Crippen LogP contribution in [0.1, 0.15) is 52.9 Å². The van der Waals surface area contributed by atoms with Gasteiger partial charge in [-0.05, 0) is 44.9 Å². The maximum absolute atomic E-state index is 12.6. The van der Waals surface area contributed by atoms with E-state index >= 15 is 0 Å². The molecule has 1 aliphatic heterocycles. The molecule has 1 aliphatic rings. The van der Waals surface area contributed by atoms with E-state index in [0.29, 0.717) is 0 Å². The van der Waals surface area contributed by atoms with Crippen molar-refractivity contribution in [3.63, 3.8) is 0 Å². The van der Waals surface area contributed by atoms with E-state index in [0.717, 1.165) is 51.7 Å². The molecule has 0 aliphatic carbocycles. The minimum atomic E-state index is -0.177. The van der Waals surface area contributed by atoms with Gasteiger partial charge in [-0.1, -0.05) is 20.8 Å². The maximum Gasteiger partial charge on any atom is 0.227 e. The van der Waals surface area contributed by atoms with E-state index in [9.17, 15) is 4.79 Å². The predicted molar refractivity (Wildman–Crippen MR) is 84.7 cm³/mol. The summed E-state index contributed by atoms with van der Waals surface area (Å²) in [4.78, 5) is 12.6. The number of carbonyl (C=O) groups is 1. The lowest BCUT2D eigenvalue weighted by Crippen LogP contribution is -2.52. The summed E-state index contributed by atoms with van der Waals surface area (Å²) < 4.78 is 0.201. The van der Waals surface area contributed by atoms with Crippen LogP contribution in [-0.4, -0.2) is 36.5 Å². The molecule has 0 radical (unpaired) electrons. The minimum absolute atomic E-state index is 0.177. The van der Waals surface area contributed by atoms with Crippen LogP contribution in [0, 0.1) is 5.41 Å². The highest BCUT2D eigenvalue weighted by Gasteiger charge is 2.38. The zero-order valence-electron chi connectivity index (χ0n) is 13.0. The Hall–Kier alpha value is -0.220. The quantitative estimate of drug-likeness (QED) is 0.756. The van der Waals surface area contributed by atoms with Crippen LogP contribution < -0.4 is 10.6 Å². The van der Waals surface area contributed by atoms with Gasteiger partial charge in [0, 0.05) is 17.8 Å². The van der Waals surface area contributed by atoms with E-state index in [1.165, 1.54) is 0 Å². The molecule has 2 N–H and O–H groups in total. The van der Waals surface area contributed by atoms with Gasteiger partial charge >= 0.3 is 0 Å². The third-order valence-corrected chi connectivity index (χ3v) is 6.51. The number of hydrogen-bond donors (Lipinski definition) is 2. The fourth-order valence-electron chi connectivity index (χ4n) is 2.91. The third kappa shape index (κ3) is 3.88. The Labute approximate surface area is 122 Å². The van der Waals surface area contributed by atoms with E-state index in [-0.39, 0.29) is 16.1 Å². The number of amides is 1. The van der Waals surface area contributed by atoms with Crippen molar-refractivity contribution in [1.82, 2.24) is 10.6 Å². The van der Waals surface area contributed by atoms with E-state index in [4.69, 9.17) is 0 Å². The van der Waals surface area contributed by atoms with E-state index in [2.05, 4.69) is 37.7 Å². The Kier molecular flexibility index (Phi) is 6.67. The van der Waals surface area contributed by atoms with Gasteiger partial charge in [0.05, 0.1) is 5.41 Å².